The summed E-state index contributed by atoms with van der Waals surface area (Å²) >= 11 is 0. The van der Waals surface area contributed by atoms with Crippen LogP contribution in [0.15, 0.2) is 23.3 Å². The van der Waals surface area contributed by atoms with E-state index in [1.165, 1.54) is 19.3 Å². The highest BCUT2D eigenvalue weighted by Crippen LogP contribution is 2.71. The molecule has 5 rings (SSSR count). The number of hydrogen-bond donors (Lipinski definition) is 1. The molecule has 4 aliphatic carbocycles. The summed E-state index contributed by atoms with van der Waals surface area (Å²) in [6.07, 6.45) is 11.9. The molecule has 8 atom stereocenters. The summed E-state index contributed by atoms with van der Waals surface area (Å²) in [6.45, 7) is 18.4. The van der Waals surface area contributed by atoms with Gasteiger partial charge in [-0.3, -0.25) is 4.79 Å². The third-order valence-electron chi connectivity index (χ3n) is 11.8. The number of rotatable bonds is 4. The molecule has 33 heavy (non-hydrogen) atoms. The number of epoxide rings is 1. The minimum atomic E-state index is -0.361. The monoisotopic (exact) mass is 454 g/mol. The van der Waals surface area contributed by atoms with Gasteiger partial charge in [0.05, 0.1) is 11.7 Å². The first-order valence-corrected chi connectivity index (χ1v) is 13.5. The second-order valence-electron chi connectivity index (χ2n) is 14.1. The van der Waals surface area contributed by atoms with Gasteiger partial charge in [-0.25, -0.2) is 0 Å². The molecule has 5 aliphatic rings. The topological polar surface area (TPSA) is 49.8 Å². The van der Waals surface area contributed by atoms with Crippen LogP contribution in [0.3, 0.4) is 0 Å². The van der Waals surface area contributed by atoms with Crippen LogP contribution in [0, 0.1) is 39.4 Å². The summed E-state index contributed by atoms with van der Waals surface area (Å²) in [5.41, 5.74) is 3.37. The van der Waals surface area contributed by atoms with Crippen molar-refractivity contribution in [2.45, 2.75) is 118 Å². The standard InChI is InChI=1S/C30H46O3/c1-18(17-22(31)25-27(4,5)33-25)19-11-15-30(8)21-9-10-23-26(2,3)24(32)13-14-28(23,6)20(21)12-16-29(19,30)7/h9-10,18-19,22-23,25,31H,11-17H2,1-8H3/t18-,19-,22+,23-,25-,28+,29-,30+/m0/s1. The predicted octanol–water partition coefficient (Wildman–Crippen LogP) is 6.65. The zero-order chi connectivity index (χ0) is 24.2. The van der Waals surface area contributed by atoms with Gasteiger partial charge in [-0.2, -0.15) is 0 Å². The largest absolute Gasteiger partial charge is 0.390 e. The zero-order valence-electron chi connectivity index (χ0n) is 22.3. The number of carbonyl (C=O) groups is 1. The summed E-state index contributed by atoms with van der Waals surface area (Å²) in [5, 5.41) is 10.8. The molecule has 1 N–H and O–H groups in total. The van der Waals surface area contributed by atoms with Crippen LogP contribution >= 0.6 is 0 Å². The van der Waals surface area contributed by atoms with E-state index in [9.17, 15) is 9.90 Å². The second kappa shape index (κ2) is 7.06. The zero-order valence-corrected chi connectivity index (χ0v) is 22.3. The number of aliphatic hydroxyl groups is 1. The number of fused-ring (bicyclic) bond motifs is 4. The van der Waals surface area contributed by atoms with Crippen molar-refractivity contribution in [1.82, 2.24) is 0 Å². The fourth-order valence-corrected chi connectivity index (χ4v) is 9.31. The lowest BCUT2D eigenvalue weighted by Crippen LogP contribution is -2.52. The second-order valence-corrected chi connectivity index (χ2v) is 14.1. The van der Waals surface area contributed by atoms with Gasteiger partial charge in [-0.1, -0.05) is 59.3 Å². The maximum atomic E-state index is 12.8. The van der Waals surface area contributed by atoms with E-state index in [-0.39, 0.29) is 39.5 Å². The predicted molar refractivity (Wildman–Crippen MR) is 133 cm³/mol. The van der Waals surface area contributed by atoms with Gasteiger partial charge >= 0.3 is 0 Å². The van der Waals surface area contributed by atoms with Crippen molar-refractivity contribution in [2.24, 2.45) is 39.4 Å². The third-order valence-corrected chi connectivity index (χ3v) is 11.8. The molecule has 2 saturated carbocycles. The number of carbonyl (C=O) groups excluding carboxylic acids is 1. The Bertz CT molecular complexity index is 925. The number of ketones is 1. The first kappa shape index (κ1) is 23.8. The number of ether oxygens (including phenoxy) is 1. The van der Waals surface area contributed by atoms with E-state index < -0.39 is 0 Å². The first-order valence-electron chi connectivity index (χ1n) is 13.5. The molecule has 1 heterocycles. The quantitative estimate of drug-likeness (QED) is 0.484. The number of Topliss-reactive ketones (excluding diaryl/α,β-unsaturated/α-hetero) is 1. The Balaban J connectivity index is 1.43. The normalized spacial score (nSPS) is 46.9. The fraction of sp³-hybridized carbons (Fsp3) is 0.833. The highest BCUT2D eigenvalue weighted by atomic mass is 16.6. The van der Waals surface area contributed by atoms with E-state index in [0.717, 1.165) is 25.7 Å². The Hall–Kier alpha value is -0.930. The van der Waals surface area contributed by atoms with Gasteiger partial charge in [0.2, 0.25) is 0 Å². The van der Waals surface area contributed by atoms with Crippen LogP contribution in [0.5, 0.6) is 0 Å². The van der Waals surface area contributed by atoms with E-state index in [1.54, 1.807) is 11.1 Å². The van der Waals surface area contributed by atoms with Gasteiger partial charge in [0, 0.05) is 11.8 Å². The Morgan fingerprint density at radius 3 is 2.36 bits per heavy atom. The molecular weight excluding hydrogens is 408 g/mol. The van der Waals surface area contributed by atoms with Crippen molar-refractivity contribution < 1.29 is 14.6 Å². The van der Waals surface area contributed by atoms with Crippen LogP contribution in [0.25, 0.3) is 0 Å². The van der Waals surface area contributed by atoms with Crippen molar-refractivity contribution in [3.8, 4) is 0 Å². The first-order chi connectivity index (χ1) is 15.2. The van der Waals surface area contributed by atoms with E-state index in [4.69, 9.17) is 4.74 Å². The molecule has 3 heteroatoms. The minimum absolute atomic E-state index is 0.00302. The van der Waals surface area contributed by atoms with Gasteiger partial charge in [0.25, 0.3) is 0 Å². The molecule has 184 valence electrons. The van der Waals surface area contributed by atoms with Gasteiger partial charge in [-0.05, 0) is 91.9 Å². The maximum absolute atomic E-state index is 12.8. The Morgan fingerprint density at radius 1 is 1.06 bits per heavy atom. The molecule has 0 spiro atoms. The average Bonchev–Trinajstić information content (AvgIpc) is 3.26. The summed E-state index contributed by atoms with van der Waals surface area (Å²) in [5.74, 6) is 1.85. The lowest BCUT2D eigenvalue weighted by molar-refractivity contribution is -0.136. The Labute approximate surface area is 201 Å². The number of aliphatic hydroxyl groups excluding tert-OH is 1. The van der Waals surface area contributed by atoms with Crippen molar-refractivity contribution in [1.29, 1.82) is 0 Å². The molecule has 3 nitrogen and oxygen atoms in total. The number of allylic oxidation sites excluding steroid dienone is 4. The van der Waals surface area contributed by atoms with Gasteiger partial charge in [0.15, 0.2) is 0 Å². The van der Waals surface area contributed by atoms with E-state index in [0.29, 0.717) is 23.5 Å². The molecule has 0 unspecified atom stereocenters. The molecule has 0 bridgehead atoms. The van der Waals surface area contributed by atoms with Crippen LogP contribution in [0.1, 0.15) is 100 Å². The summed E-state index contributed by atoms with van der Waals surface area (Å²) in [7, 11) is 0. The summed E-state index contributed by atoms with van der Waals surface area (Å²) in [6, 6.07) is 0. The molecule has 0 aromatic rings. The lowest BCUT2D eigenvalue weighted by Gasteiger charge is -2.59. The molecule has 0 aromatic heterocycles. The van der Waals surface area contributed by atoms with Crippen LogP contribution in [-0.2, 0) is 9.53 Å². The van der Waals surface area contributed by atoms with Crippen LogP contribution in [0.2, 0.25) is 0 Å². The van der Waals surface area contributed by atoms with Crippen molar-refractivity contribution in [2.75, 3.05) is 0 Å². The molecule has 1 saturated heterocycles. The van der Waals surface area contributed by atoms with Crippen molar-refractivity contribution in [3.63, 3.8) is 0 Å². The average molecular weight is 455 g/mol. The molecule has 3 fully saturated rings. The lowest BCUT2D eigenvalue weighted by atomic mass is 9.45. The fourth-order valence-electron chi connectivity index (χ4n) is 9.31. The van der Waals surface area contributed by atoms with E-state index in [1.807, 2.05) is 0 Å². The summed E-state index contributed by atoms with van der Waals surface area (Å²) in [4.78, 5) is 12.8. The molecule has 0 radical (unpaired) electrons. The minimum Gasteiger partial charge on any atom is -0.390 e. The van der Waals surface area contributed by atoms with E-state index >= 15 is 0 Å². The van der Waals surface area contributed by atoms with E-state index in [2.05, 4.69) is 67.5 Å². The number of hydrogen-bond acceptors (Lipinski definition) is 3. The molecule has 1 aliphatic heterocycles. The van der Waals surface area contributed by atoms with Crippen molar-refractivity contribution >= 4 is 5.78 Å². The highest BCUT2D eigenvalue weighted by Gasteiger charge is 2.63. The third kappa shape index (κ3) is 3.10. The smallest absolute Gasteiger partial charge is 0.139 e. The molecule has 0 aromatic carbocycles. The molecular formula is C30H46O3. The SMILES string of the molecule is C[C@@H](C[C@@H](O)[C@@H]1OC1(C)C)[C@@H]1CC[C@]2(C)C3=C(CC[C@@]12C)[C@@]1(C)CCC(=O)C(C)(C)[C@@H]1C=C3. The van der Waals surface area contributed by atoms with Crippen LogP contribution in [-0.4, -0.2) is 28.7 Å². The highest BCUT2D eigenvalue weighted by molar-refractivity contribution is 5.86. The van der Waals surface area contributed by atoms with Crippen LogP contribution < -0.4 is 0 Å². The van der Waals surface area contributed by atoms with Gasteiger partial charge in [-0.15, -0.1) is 0 Å². The maximum Gasteiger partial charge on any atom is 0.139 e. The van der Waals surface area contributed by atoms with Gasteiger partial charge in [0.1, 0.15) is 11.9 Å². The van der Waals surface area contributed by atoms with Crippen LogP contribution in [0.4, 0.5) is 0 Å². The summed E-state index contributed by atoms with van der Waals surface area (Å²) < 4.78 is 5.75. The molecule has 0 amide bonds. The Kier molecular flexibility index (Phi) is 5.09. The Morgan fingerprint density at radius 2 is 1.73 bits per heavy atom. The van der Waals surface area contributed by atoms with Crippen molar-refractivity contribution in [3.05, 3.63) is 23.3 Å². The van der Waals surface area contributed by atoms with Gasteiger partial charge < -0.3 is 9.84 Å².